The third kappa shape index (κ3) is 3.61. The highest BCUT2D eigenvalue weighted by Gasteiger charge is 2.12. The number of amides is 1. The SMILES string of the molecule is CCCc1ccccc1NC(=O)c1ccc(C)cc1NN. The minimum atomic E-state index is -0.161. The van der Waals surface area contributed by atoms with Crippen molar-refractivity contribution in [2.75, 3.05) is 10.7 Å². The van der Waals surface area contributed by atoms with E-state index in [1.54, 1.807) is 6.07 Å². The van der Waals surface area contributed by atoms with Gasteiger partial charge in [-0.05, 0) is 42.7 Å². The van der Waals surface area contributed by atoms with E-state index in [0.717, 1.165) is 29.7 Å². The van der Waals surface area contributed by atoms with Crippen LogP contribution in [0.3, 0.4) is 0 Å². The molecule has 4 nitrogen and oxygen atoms in total. The lowest BCUT2D eigenvalue weighted by molar-refractivity contribution is 0.102. The Bertz CT molecular complexity index is 638. The summed E-state index contributed by atoms with van der Waals surface area (Å²) in [7, 11) is 0. The van der Waals surface area contributed by atoms with Crippen molar-refractivity contribution in [3.05, 3.63) is 59.2 Å². The topological polar surface area (TPSA) is 67.2 Å². The molecule has 0 bridgehead atoms. The first-order valence-corrected chi connectivity index (χ1v) is 7.12. The van der Waals surface area contributed by atoms with Crippen LogP contribution in [-0.4, -0.2) is 5.91 Å². The van der Waals surface area contributed by atoms with Crippen LogP contribution in [0.2, 0.25) is 0 Å². The van der Waals surface area contributed by atoms with Crippen molar-refractivity contribution in [3.63, 3.8) is 0 Å². The van der Waals surface area contributed by atoms with Crippen molar-refractivity contribution in [1.29, 1.82) is 0 Å². The van der Waals surface area contributed by atoms with Gasteiger partial charge in [-0.15, -0.1) is 0 Å². The maximum atomic E-state index is 12.5. The van der Waals surface area contributed by atoms with Crippen LogP contribution in [0.4, 0.5) is 11.4 Å². The lowest BCUT2D eigenvalue weighted by atomic mass is 10.1. The molecule has 0 unspecified atom stereocenters. The molecule has 110 valence electrons. The second-order valence-corrected chi connectivity index (χ2v) is 5.05. The summed E-state index contributed by atoms with van der Waals surface area (Å²) < 4.78 is 0. The third-order valence-electron chi connectivity index (χ3n) is 3.36. The van der Waals surface area contributed by atoms with Gasteiger partial charge in [0.1, 0.15) is 0 Å². The zero-order valence-corrected chi connectivity index (χ0v) is 12.4. The largest absolute Gasteiger partial charge is 0.323 e. The van der Waals surface area contributed by atoms with E-state index in [9.17, 15) is 4.79 Å². The maximum absolute atomic E-state index is 12.5. The third-order valence-corrected chi connectivity index (χ3v) is 3.36. The van der Waals surface area contributed by atoms with Crippen LogP contribution < -0.4 is 16.6 Å². The fourth-order valence-electron chi connectivity index (χ4n) is 2.29. The summed E-state index contributed by atoms with van der Waals surface area (Å²) in [4.78, 5) is 12.5. The van der Waals surface area contributed by atoms with E-state index in [4.69, 9.17) is 5.84 Å². The quantitative estimate of drug-likeness (QED) is 0.581. The summed E-state index contributed by atoms with van der Waals surface area (Å²) in [5, 5.41) is 2.97. The molecule has 21 heavy (non-hydrogen) atoms. The molecule has 0 fully saturated rings. The minimum absolute atomic E-state index is 0.161. The molecule has 2 aromatic rings. The predicted molar refractivity (Wildman–Crippen MR) is 87.4 cm³/mol. The van der Waals surface area contributed by atoms with Gasteiger partial charge in [0, 0.05) is 5.69 Å². The van der Waals surface area contributed by atoms with Crippen LogP contribution in [0.15, 0.2) is 42.5 Å². The number of nitrogens with two attached hydrogens (primary N) is 1. The van der Waals surface area contributed by atoms with E-state index < -0.39 is 0 Å². The van der Waals surface area contributed by atoms with Crippen LogP contribution in [0.5, 0.6) is 0 Å². The molecule has 4 N–H and O–H groups in total. The molecule has 0 heterocycles. The van der Waals surface area contributed by atoms with Crippen LogP contribution in [0.1, 0.15) is 34.8 Å². The second kappa shape index (κ2) is 6.90. The van der Waals surface area contributed by atoms with Gasteiger partial charge in [0.25, 0.3) is 5.91 Å². The number of aryl methyl sites for hydroxylation is 2. The normalized spacial score (nSPS) is 10.2. The van der Waals surface area contributed by atoms with E-state index in [1.807, 2.05) is 43.3 Å². The Kier molecular flexibility index (Phi) is 4.95. The summed E-state index contributed by atoms with van der Waals surface area (Å²) >= 11 is 0. The number of hydrazine groups is 1. The van der Waals surface area contributed by atoms with Gasteiger partial charge in [-0.2, -0.15) is 0 Å². The van der Waals surface area contributed by atoms with Crippen LogP contribution >= 0.6 is 0 Å². The molecule has 0 spiro atoms. The first kappa shape index (κ1) is 15.1. The molecule has 1 amide bonds. The van der Waals surface area contributed by atoms with Crippen molar-refractivity contribution < 1.29 is 4.79 Å². The Morgan fingerprint density at radius 1 is 1.14 bits per heavy atom. The minimum Gasteiger partial charge on any atom is -0.323 e. The maximum Gasteiger partial charge on any atom is 0.257 e. The molecule has 0 saturated heterocycles. The Hall–Kier alpha value is -2.33. The fraction of sp³-hybridized carbons (Fsp3) is 0.235. The van der Waals surface area contributed by atoms with Crippen molar-refractivity contribution in [2.45, 2.75) is 26.7 Å². The molecule has 0 aliphatic rings. The number of nitrogen functional groups attached to an aromatic ring is 1. The van der Waals surface area contributed by atoms with E-state index >= 15 is 0 Å². The van der Waals surface area contributed by atoms with Crippen LogP contribution in [0.25, 0.3) is 0 Å². The van der Waals surface area contributed by atoms with Gasteiger partial charge in [0.05, 0.1) is 11.3 Å². The first-order valence-electron chi connectivity index (χ1n) is 7.12. The van der Waals surface area contributed by atoms with E-state index in [-0.39, 0.29) is 5.91 Å². The Morgan fingerprint density at radius 3 is 2.62 bits per heavy atom. The zero-order chi connectivity index (χ0) is 15.2. The number of hydrogen-bond acceptors (Lipinski definition) is 3. The zero-order valence-electron chi connectivity index (χ0n) is 12.4. The summed E-state index contributed by atoms with van der Waals surface area (Å²) in [6, 6.07) is 13.4. The average Bonchev–Trinajstić information content (AvgIpc) is 2.49. The number of nitrogens with one attached hydrogen (secondary N) is 2. The Morgan fingerprint density at radius 2 is 1.90 bits per heavy atom. The molecule has 0 aliphatic heterocycles. The van der Waals surface area contributed by atoms with E-state index in [2.05, 4.69) is 17.7 Å². The van der Waals surface area contributed by atoms with Crippen molar-refractivity contribution in [2.24, 2.45) is 5.84 Å². The summed E-state index contributed by atoms with van der Waals surface area (Å²) in [5.74, 6) is 5.34. The first-order chi connectivity index (χ1) is 10.2. The number of carbonyl (C=O) groups excluding carboxylic acids is 1. The number of anilines is 2. The van der Waals surface area contributed by atoms with Gasteiger partial charge in [-0.1, -0.05) is 37.6 Å². The van der Waals surface area contributed by atoms with Crippen LogP contribution in [0, 0.1) is 6.92 Å². The van der Waals surface area contributed by atoms with Gasteiger partial charge < -0.3 is 10.7 Å². The molecule has 0 aromatic heterocycles. The highest BCUT2D eigenvalue weighted by Crippen LogP contribution is 2.21. The van der Waals surface area contributed by atoms with Crippen molar-refractivity contribution in [1.82, 2.24) is 0 Å². The molecule has 2 rings (SSSR count). The monoisotopic (exact) mass is 283 g/mol. The second-order valence-electron chi connectivity index (χ2n) is 5.05. The molecule has 4 heteroatoms. The number of hydrogen-bond donors (Lipinski definition) is 3. The highest BCUT2D eigenvalue weighted by molar-refractivity contribution is 6.08. The number of rotatable bonds is 5. The Labute approximate surface area is 125 Å². The van der Waals surface area contributed by atoms with Crippen molar-refractivity contribution >= 4 is 17.3 Å². The molecular formula is C17H21N3O. The average molecular weight is 283 g/mol. The van der Waals surface area contributed by atoms with Crippen LogP contribution in [-0.2, 0) is 6.42 Å². The fourth-order valence-corrected chi connectivity index (χ4v) is 2.29. The molecule has 0 atom stereocenters. The molecule has 2 aromatic carbocycles. The van der Waals surface area contributed by atoms with Gasteiger partial charge >= 0.3 is 0 Å². The van der Waals surface area contributed by atoms with E-state index in [0.29, 0.717) is 11.3 Å². The summed E-state index contributed by atoms with van der Waals surface area (Å²) in [5.41, 5.74) is 6.79. The van der Waals surface area contributed by atoms with Gasteiger partial charge in [-0.25, -0.2) is 0 Å². The molecular weight excluding hydrogens is 262 g/mol. The van der Waals surface area contributed by atoms with E-state index in [1.165, 1.54) is 0 Å². The highest BCUT2D eigenvalue weighted by atomic mass is 16.1. The smallest absolute Gasteiger partial charge is 0.257 e. The lowest BCUT2D eigenvalue weighted by Crippen LogP contribution is -2.18. The summed E-state index contributed by atoms with van der Waals surface area (Å²) in [6.45, 7) is 4.08. The lowest BCUT2D eigenvalue weighted by Gasteiger charge is -2.13. The Balaban J connectivity index is 2.26. The van der Waals surface area contributed by atoms with Gasteiger partial charge in [0.2, 0.25) is 0 Å². The molecule has 0 aliphatic carbocycles. The van der Waals surface area contributed by atoms with Crippen molar-refractivity contribution in [3.8, 4) is 0 Å². The number of benzene rings is 2. The summed E-state index contributed by atoms with van der Waals surface area (Å²) in [6.07, 6.45) is 1.97. The predicted octanol–water partition coefficient (Wildman–Crippen LogP) is 3.49. The standard InChI is InChI=1S/C17H21N3O/c1-3-6-13-7-4-5-8-15(13)19-17(21)14-10-9-12(2)11-16(14)20-18/h4-5,7-11,20H,3,6,18H2,1-2H3,(H,19,21). The molecule has 0 radical (unpaired) electrons. The van der Waals surface area contributed by atoms with Gasteiger partial charge in [0.15, 0.2) is 0 Å². The number of carbonyl (C=O) groups is 1. The van der Waals surface area contributed by atoms with Gasteiger partial charge in [-0.3, -0.25) is 10.6 Å². The molecule has 0 saturated carbocycles. The number of para-hydroxylation sites is 1.